The van der Waals surface area contributed by atoms with Crippen molar-refractivity contribution in [2.45, 2.75) is 31.2 Å². The number of Topliss-reactive ketones (excluding diaryl/α,β-unsaturated/α-hetero) is 1. The van der Waals surface area contributed by atoms with Gasteiger partial charge in [-0.15, -0.1) is 0 Å². The molecule has 20 heavy (non-hydrogen) atoms. The molecule has 1 aromatic carbocycles. The van der Waals surface area contributed by atoms with E-state index in [4.69, 9.17) is 5.73 Å². The molecular formula is C14H20N2O3S. The van der Waals surface area contributed by atoms with Crippen LogP contribution in [0.25, 0.3) is 0 Å². The summed E-state index contributed by atoms with van der Waals surface area (Å²) in [5, 5.41) is 0. The number of ketones is 1. The van der Waals surface area contributed by atoms with Crippen LogP contribution in [0.3, 0.4) is 0 Å². The van der Waals surface area contributed by atoms with Gasteiger partial charge in [-0.2, -0.15) is 4.31 Å². The van der Waals surface area contributed by atoms with Crippen molar-refractivity contribution in [1.82, 2.24) is 4.31 Å². The Balaban J connectivity index is 2.23. The highest BCUT2D eigenvalue weighted by Gasteiger charge is 2.30. The van der Waals surface area contributed by atoms with Crippen molar-refractivity contribution < 1.29 is 13.2 Å². The number of carbonyl (C=O) groups is 1. The van der Waals surface area contributed by atoms with Crippen LogP contribution in [0.4, 0.5) is 0 Å². The summed E-state index contributed by atoms with van der Waals surface area (Å²) in [5.41, 5.74) is 6.29. The van der Waals surface area contributed by atoms with Gasteiger partial charge in [0.1, 0.15) is 0 Å². The summed E-state index contributed by atoms with van der Waals surface area (Å²) < 4.78 is 26.2. The standard InChI is InChI=1S/C14H20N2O3S/c1-10(2)14(17)11-3-5-13(6-4-11)20(18,19)16-8-7-12(15)9-16/h3-6,10,12H,7-9,15H2,1-2H3. The summed E-state index contributed by atoms with van der Waals surface area (Å²) in [7, 11) is -3.49. The van der Waals surface area contributed by atoms with Crippen LogP contribution in [0.2, 0.25) is 0 Å². The first-order valence-electron chi connectivity index (χ1n) is 6.72. The first-order chi connectivity index (χ1) is 9.32. The Morgan fingerprint density at radius 2 is 1.90 bits per heavy atom. The van der Waals surface area contributed by atoms with Gasteiger partial charge in [0.05, 0.1) is 4.90 Å². The number of sulfonamides is 1. The molecule has 0 bridgehead atoms. The number of benzene rings is 1. The molecule has 1 atom stereocenters. The molecule has 6 heteroatoms. The van der Waals surface area contributed by atoms with Crippen molar-refractivity contribution in [1.29, 1.82) is 0 Å². The van der Waals surface area contributed by atoms with Crippen LogP contribution in [0.15, 0.2) is 29.2 Å². The van der Waals surface area contributed by atoms with E-state index >= 15 is 0 Å². The molecule has 2 rings (SSSR count). The minimum absolute atomic E-state index is 0.0112. The SMILES string of the molecule is CC(C)C(=O)c1ccc(S(=O)(=O)N2CCC(N)C2)cc1. The molecule has 0 saturated carbocycles. The molecule has 1 saturated heterocycles. The van der Waals surface area contributed by atoms with Crippen LogP contribution in [0, 0.1) is 5.92 Å². The molecule has 1 heterocycles. The van der Waals surface area contributed by atoms with Crippen LogP contribution in [-0.2, 0) is 10.0 Å². The van der Waals surface area contributed by atoms with E-state index in [1.165, 1.54) is 16.4 Å². The Morgan fingerprint density at radius 1 is 1.30 bits per heavy atom. The van der Waals surface area contributed by atoms with Crippen molar-refractivity contribution in [2.75, 3.05) is 13.1 Å². The van der Waals surface area contributed by atoms with Crippen LogP contribution in [0.1, 0.15) is 30.6 Å². The Labute approximate surface area is 119 Å². The largest absolute Gasteiger partial charge is 0.326 e. The third-order valence-corrected chi connectivity index (χ3v) is 5.37. The Kier molecular flexibility index (Phi) is 4.27. The van der Waals surface area contributed by atoms with Gasteiger partial charge < -0.3 is 5.73 Å². The number of nitrogens with zero attached hydrogens (tertiary/aromatic N) is 1. The normalized spacial score (nSPS) is 20.5. The summed E-state index contributed by atoms with van der Waals surface area (Å²) in [6.45, 7) is 4.45. The summed E-state index contributed by atoms with van der Waals surface area (Å²) >= 11 is 0. The summed E-state index contributed by atoms with van der Waals surface area (Å²) in [4.78, 5) is 12.0. The molecule has 1 fully saturated rings. The Morgan fingerprint density at radius 3 is 2.35 bits per heavy atom. The molecule has 0 radical (unpaired) electrons. The molecule has 110 valence electrons. The van der Waals surface area contributed by atoms with Gasteiger partial charge in [0.25, 0.3) is 0 Å². The minimum atomic E-state index is -3.49. The topological polar surface area (TPSA) is 80.5 Å². The van der Waals surface area contributed by atoms with Crippen molar-refractivity contribution in [2.24, 2.45) is 11.7 Å². The van der Waals surface area contributed by atoms with E-state index < -0.39 is 10.0 Å². The number of carbonyl (C=O) groups excluding carboxylic acids is 1. The second-order valence-corrected chi connectivity index (χ2v) is 7.39. The van der Waals surface area contributed by atoms with E-state index in [2.05, 4.69) is 0 Å². The zero-order chi connectivity index (χ0) is 14.9. The van der Waals surface area contributed by atoms with Crippen LogP contribution in [-0.4, -0.2) is 37.6 Å². The average Bonchev–Trinajstić information content (AvgIpc) is 2.85. The van der Waals surface area contributed by atoms with Gasteiger partial charge in [-0.25, -0.2) is 8.42 Å². The number of hydrogen-bond donors (Lipinski definition) is 1. The highest BCUT2D eigenvalue weighted by Crippen LogP contribution is 2.21. The summed E-state index contributed by atoms with van der Waals surface area (Å²) in [6.07, 6.45) is 0.684. The number of nitrogens with two attached hydrogens (primary N) is 1. The quantitative estimate of drug-likeness (QED) is 0.848. The minimum Gasteiger partial charge on any atom is -0.326 e. The molecule has 1 aromatic rings. The van der Waals surface area contributed by atoms with Crippen molar-refractivity contribution in [3.05, 3.63) is 29.8 Å². The number of hydrogen-bond acceptors (Lipinski definition) is 4. The van der Waals surface area contributed by atoms with Crippen LogP contribution < -0.4 is 5.73 Å². The van der Waals surface area contributed by atoms with E-state index in [0.29, 0.717) is 25.1 Å². The van der Waals surface area contributed by atoms with Gasteiger partial charge in [0.15, 0.2) is 5.78 Å². The summed E-state index contributed by atoms with van der Waals surface area (Å²) in [6, 6.07) is 6.05. The fourth-order valence-corrected chi connectivity index (χ4v) is 3.76. The van der Waals surface area contributed by atoms with E-state index in [1.807, 2.05) is 13.8 Å². The maximum absolute atomic E-state index is 12.4. The van der Waals surface area contributed by atoms with Crippen LogP contribution in [0.5, 0.6) is 0 Å². The molecule has 2 N–H and O–H groups in total. The molecule has 1 aliphatic rings. The van der Waals surface area contributed by atoms with Gasteiger partial charge in [-0.05, 0) is 18.6 Å². The lowest BCUT2D eigenvalue weighted by molar-refractivity contribution is 0.0939. The Bertz CT molecular complexity index is 593. The lowest BCUT2D eigenvalue weighted by Gasteiger charge is -2.16. The highest BCUT2D eigenvalue weighted by molar-refractivity contribution is 7.89. The van der Waals surface area contributed by atoms with Crippen molar-refractivity contribution in [3.8, 4) is 0 Å². The number of rotatable bonds is 4. The molecule has 0 aromatic heterocycles. The van der Waals surface area contributed by atoms with E-state index in [1.54, 1.807) is 12.1 Å². The van der Waals surface area contributed by atoms with E-state index in [-0.39, 0.29) is 22.6 Å². The second kappa shape index (κ2) is 5.63. The van der Waals surface area contributed by atoms with Gasteiger partial charge in [-0.1, -0.05) is 26.0 Å². The fraction of sp³-hybridized carbons (Fsp3) is 0.500. The molecule has 0 aliphatic carbocycles. The summed E-state index contributed by atoms with van der Waals surface area (Å²) in [5.74, 6) is -0.0915. The first kappa shape index (κ1) is 15.2. The van der Waals surface area contributed by atoms with E-state index in [0.717, 1.165) is 0 Å². The second-order valence-electron chi connectivity index (χ2n) is 5.46. The monoisotopic (exact) mass is 296 g/mol. The first-order valence-corrected chi connectivity index (χ1v) is 8.16. The maximum atomic E-state index is 12.4. The highest BCUT2D eigenvalue weighted by atomic mass is 32.2. The fourth-order valence-electron chi connectivity index (χ4n) is 2.25. The Hall–Kier alpha value is -1.24. The molecule has 5 nitrogen and oxygen atoms in total. The van der Waals surface area contributed by atoms with Crippen molar-refractivity contribution in [3.63, 3.8) is 0 Å². The van der Waals surface area contributed by atoms with Gasteiger partial charge in [-0.3, -0.25) is 4.79 Å². The molecule has 0 amide bonds. The molecule has 0 spiro atoms. The lowest BCUT2D eigenvalue weighted by Crippen LogP contribution is -2.32. The van der Waals surface area contributed by atoms with Gasteiger partial charge >= 0.3 is 0 Å². The molecule has 1 aliphatic heterocycles. The zero-order valence-corrected chi connectivity index (χ0v) is 12.6. The predicted octanol–water partition coefficient (Wildman–Crippen LogP) is 1.25. The molecule has 1 unspecified atom stereocenters. The third kappa shape index (κ3) is 2.92. The van der Waals surface area contributed by atoms with Gasteiger partial charge in [0, 0.05) is 30.6 Å². The van der Waals surface area contributed by atoms with Crippen LogP contribution >= 0.6 is 0 Å². The van der Waals surface area contributed by atoms with E-state index in [9.17, 15) is 13.2 Å². The smallest absolute Gasteiger partial charge is 0.243 e. The van der Waals surface area contributed by atoms with Crippen molar-refractivity contribution >= 4 is 15.8 Å². The average molecular weight is 296 g/mol. The predicted molar refractivity (Wildman–Crippen MR) is 77.0 cm³/mol. The van der Waals surface area contributed by atoms with Gasteiger partial charge in [0.2, 0.25) is 10.0 Å². The third-order valence-electron chi connectivity index (χ3n) is 3.49. The zero-order valence-electron chi connectivity index (χ0n) is 11.7. The maximum Gasteiger partial charge on any atom is 0.243 e. The molecular weight excluding hydrogens is 276 g/mol. The lowest BCUT2D eigenvalue weighted by atomic mass is 10.0.